The quantitative estimate of drug-likeness (QED) is 0.561. The Morgan fingerprint density at radius 1 is 0.971 bits per heavy atom. The number of hydrogen-bond donors (Lipinski definition) is 1. The normalized spacial score (nSPS) is 18.3. The van der Waals surface area contributed by atoms with E-state index in [1.165, 1.54) is 0 Å². The maximum atomic E-state index is 11.9. The van der Waals surface area contributed by atoms with Crippen LogP contribution in [0.2, 0.25) is 0 Å². The van der Waals surface area contributed by atoms with E-state index >= 15 is 0 Å². The van der Waals surface area contributed by atoms with Crippen molar-refractivity contribution in [2.24, 2.45) is 11.7 Å². The van der Waals surface area contributed by atoms with E-state index in [4.69, 9.17) is 15.0 Å². The molecule has 2 aromatic heterocycles. The van der Waals surface area contributed by atoms with Crippen LogP contribution in [-0.2, 0) is 6.42 Å². The van der Waals surface area contributed by atoms with Gasteiger partial charge in [-0.05, 0) is 54.6 Å². The fourth-order valence-electron chi connectivity index (χ4n) is 3.98. The Hall–Kier alpha value is -3.34. The third-order valence-electron chi connectivity index (χ3n) is 6.07. The van der Waals surface area contributed by atoms with Crippen LogP contribution in [-0.4, -0.2) is 58.9 Å². The van der Waals surface area contributed by atoms with Crippen LogP contribution in [0, 0.1) is 17.6 Å². The van der Waals surface area contributed by atoms with Gasteiger partial charge in [-0.1, -0.05) is 6.92 Å². The van der Waals surface area contributed by atoms with E-state index < -0.39 is 11.6 Å². The first-order chi connectivity index (χ1) is 17.0. The molecule has 1 unspecified atom stereocenters. The predicted molar refractivity (Wildman–Crippen MR) is 127 cm³/mol. The molecule has 9 nitrogen and oxygen atoms in total. The lowest BCUT2D eigenvalue weighted by molar-refractivity contribution is 0.221. The van der Waals surface area contributed by atoms with Crippen molar-refractivity contribution in [2.75, 3.05) is 42.6 Å². The molecule has 2 fully saturated rings. The lowest BCUT2D eigenvalue weighted by Crippen LogP contribution is -2.36. The number of anilines is 2. The largest absolute Gasteiger partial charge is 0.490 e. The molecule has 2 aliphatic heterocycles. The number of aromatic nitrogens is 4. The van der Waals surface area contributed by atoms with Crippen LogP contribution in [0.5, 0.6) is 5.75 Å². The molecule has 0 saturated carbocycles. The highest BCUT2D eigenvalue weighted by Gasteiger charge is 2.24. The maximum absolute atomic E-state index is 11.9. The van der Waals surface area contributed by atoms with Crippen LogP contribution in [0.1, 0.15) is 32.1 Å². The minimum atomic E-state index is -0.411. The van der Waals surface area contributed by atoms with Gasteiger partial charge in [-0.2, -0.15) is 4.98 Å². The minimum absolute atomic E-state index is 0.219. The highest BCUT2D eigenvalue weighted by molar-refractivity contribution is 5.33. The first-order valence-corrected chi connectivity index (χ1v) is 11.9. The van der Waals surface area contributed by atoms with Crippen molar-refractivity contribution in [3.05, 3.63) is 54.2 Å². The molecular formula is C24H31F2N7O2. The molecule has 0 bridgehead atoms. The molecule has 5 rings (SSSR count). The van der Waals surface area contributed by atoms with Gasteiger partial charge in [0.25, 0.3) is 5.95 Å². The summed E-state index contributed by atoms with van der Waals surface area (Å²) in [5, 5.41) is 4.06. The SMILES string of the molecule is CCc1nc(N2CCC(COc3cnc(N4CCC(N)C4)nc3)CC2)no1.Fc1ccc(F)cc1. The molecule has 2 saturated heterocycles. The fourth-order valence-corrected chi connectivity index (χ4v) is 3.98. The predicted octanol–water partition coefficient (Wildman–Crippen LogP) is 3.22. The van der Waals surface area contributed by atoms with Crippen molar-refractivity contribution in [1.82, 2.24) is 20.1 Å². The molecular weight excluding hydrogens is 456 g/mol. The molecule has 35 heavy (non-hydrogen) atoms. The van der Waals surface area contributed by atoms with Gasteiger partial charge in [0.15, 0.2) is 5.75 Å². The van der Waals surface area contributed by atoms with Crippen molar-refractivity contribution in [2.45, 2.75) is 38.6 Å². The van der Waals surface area contributed by atoms with Crippen molar-refractivity contribution in [1.29, 1.82) is 0 Å². The van der Waals surface area contributed by atoms with Crippen LogP contribution in [0.3, 0.4) is 0 Å². The molecule has 2 aliphatic rings. The average molecular weight is 488 g/mol. The highest BCUT2D eigenvalue weighted by Crippen LogP contribution is 2.23. The molecule has 0 radical (unpaired) electrons. The number of nitrogens with two attached hydrogens (primary N) is 1. The molecule has 188 valence electrons. The molecule has 0 aliphatic carbocycles. The van der Waals surface area contributed by atoms with Gasteiger partial charge in [0.05, 0.1) is 19.0 Å². The maximum Gasteiger partial charge on any atom is 0.266 e. The number of aryl methyl sites for hydroxylation is 1. The summed E-state index contributed by atoms with van der Waals surface area (Å²) in [4.78, 5) is 17.5. The number of nitrogens with zero attached hydrogens (tertiary/aromatic N) is 6. The topological polar surface area (TPSA) is 106 Å². The van der Waals surface area contributed by atoms with Gasteiger partial charge in [0.1, 0.15) is 11.6 Å². The minimum Gasteiger partial charge on any atom is -0.490 e. The Balaban J connectivity index is 0.000000308. The van der Waals surface area contributed by atoms with Gasteiger partial charge in [-0.3, -0.25) is 0 Å². The Bertz CT molecular complexity index is 1020. The average Bonchev–Trinajstić information content (AvgIpc) is 3.55. The number of hydrogen-bond acceptors (Lipinski definition) is 9. The summed E-state index contributed by atoms with van der Waals surface area (Å²) in [6.45, 7) is 6.26. The summed E-state index contributed by atoms with van der Waals surface area (Å²) in [5.41, 5.74) is 5.94. The first kappa shape index (κ1) is 24.8. The Kier molecular flexibility index (Phi) is 8.40. The second-order valence-electron chi connectivity index (χ2n) is 8.73. The second kappa shape index (κ2) is 11.9. The lowest BCUT2D eigenvalue weighted by atomic mass is 9.98. The third-order valence-corrected chi connectivity index (χ3v) is 6.07. The van der Waals surface area contributed by atoms with Gasteiger partial charge >= 0.3 is 0 Å². The number of rotatable bonds is 6. The number of benzene rings is 1. The van der Waals surface area contributed by atoms with Gasteiger partial charge < -0.3 is 24.8 Å². The zero-order valence-corrected chi connectivity index (χ0v) is 19.8. The van der Waals surface area contributed by atoms with Crippen molar-refractivity contribution in [3.8, 4) is 5.75 Å². The standard InChI is InChI=1S/C18H27N7O2.C6H4F2/c1-2-16-22-18(23-27-16)24-6-3-13(4-7-24)12-26-15-9-20-17(21-10-15)25-8-5-14(19)11-25;7-5-1-2-6(8)4-3-5/h9-10,13-14H,2-8,11-12,19H2,1H3;1-4H. The first-order valence-electron chi connectivity index (χ1n) is 11.9. The third kappa shape index (κ3) is 7.08. The fraction of sp³-hybridized carbons (Fsp3) is 0.500. The molecule has 1 atom stereocenters. The number of halogens is 2. The van der Waals surface area contributed by atoms with E-state index in [1.807, 2.05) is 6.92 Å². The summed E-state index contributed by atoms with van der Waals surface area (Å²) in [7, 11) is 0. The summed E-state index contributed by atoms with van der Waals surface area (Å²) >= 11 is 0. The van der Waals surface area contributed by atoms with Gasteiger partial charge in [0.2, 0.25) is 11.8 Å². The van der Waals surface area contributed by atoms with Crippen LogP contribution >= 0.6 is 0 Å². The van der Waals surface area contributed by atoms with Crippen LogP contribution < -0.4 is 20.3 Å². The van der Waals surface area contributed by atoms with E-state index in [2.05, 4.69) is 29.9 Å². The summed E-state index contributed by atoms with van der Waals surface area (Å²) < 4.78 is 34.9. The van der Waals surface area contributed by atoms with Crippen molar-refractivity contribution >= 4 is 11.9 Å². The van der Waals surface area contributed by atoms with Crippen molar-refractivity contribution < 1.29 is 18.0 Å². The monoisotopic (exact) mass is 487 g/mol. The number of ether oxygens (including phenoxy) is 1. The zero-order valence-electron chi connectivity index (χ0n) is 19.8. The Morgan fingerprint density at radius 3 is 2.14 bits per heavy atom. The Morgan fingerprint density at radius 2 is 1.60 bits per heavy atom. The summed E-state index contributed by atoms with van der Waals surface area (Å²) in [5.74, 6) is 2.53. The molecule has 2 N–H and O–H groups in total. The summed E-state index contributed by atoms with van der Waals surface area (Å²) in [6, 6.07) is 4.53. The van der Waals surface area contributed by atoms with E-state index in [0.29, 0.717) is 24.4 Å². The van der Waals surface area contributed by atoms with Gasteiger partial charge in [-0.15, -0.1) is 0 Å². The van der Waals surface area contributed by atoms with E-state index in [1.54, 1.807) is 12.4 Å². The van der Waals surface area contributed by atoms with E-state index in [-0.39, 0.29) is 6.04 Å². The Labute approximate surface area is 203 Å². The van der Waals surface area contributed by atoms with E-state index in [9.17, 15) is 8.78 Å². The van der Waals surface area contributed by atoms with E-state index in [0.717, 1.165) is 87.8 Å². The van der Waals surface area contributed by atoms with Gasteiger partial charge in [0, 0.05) is 38.6 Å². The molecule has 0 spiro atoms. The van der Waals surface area contributed by atoms with Crippen LogP contribution in [0.4, 0.5) is 20.7 Å². The summed E-state index contributed by atoms with van der Waals surface area (Å²) in [6.07, 6.45) is 7.35. The van der Waals surface area contributed by atoms with Crippen LogP contribution in [0.15, 0.2) is 41.2 Å². The smallest absolute Gasteiger partial charge is 0.266 e. The molecule has 11 heteroatoms. The van der Waals surface area contributed by atoms with Crippen LogP contribution in [0.25, 0.3) is 0 Å². The lowest BCUT2D eigenvalue weighted by Gasteiger charge is -2.30. The molecule has 4 heterocycles. The highest BCUT2D eigenvalue weighted by atomic mass is 19.1. The number of piperidine rings is 1. The van der Waals surface area contributed by atoms with Gasteiger partial charge in [-0.25, -0.2) is 18.7 Å². The molecule has 3 aromatic rings. The zero-order chi connectivity index (χ0) is 24.6. The second-order valence-corrected chi connectivity index (χ2v) is 8.73. The molecule has 1 aromatic carbocycles. The van der Waals surface area contributed by atoms with Crippen molar-refractivity contribution in [3.63, 3.8) is 0 Å². The molecule has 0 amide bonds.